The number of carbonyl (C=O) groups excluding carboxylic acids is 1. The Balaban J connectivity index is 2.04. The Morgan fingerprint density at radius 1 is 1.09 bits per heavy atom. The van der Waals surface area contributed by atoms with Crippen LogP contribution in [0.15, 0.2) is 42.6 Å². The minimum absolute atomic E-state index is 0.0155. The second-order valence-corrected chi connectivity index (χ2v) is 7.28. The average Bonchev–Trinajstić information content (AvgIpc) is 3.05. The molecule has 4 aromatic rings. The van der Waals surface area contributed by atoms with E-state index < -0.39 is 17.5 Å². The summed E-state index contributed by atoms with van der Waals surface area (Å²) in [6.07, 6.45) is 1.29. The molecule has 32 heavy (non-hydrogen) atoms. The molecule has 0 fully saturated rings. The zero-order chi connectivity index (χ0) is 23.2. The monoisotopic (exact) mass is 432 g/mol. The average molecular weight is 432 g/mol. The number of pyridine rings is 1. The Hall–Kier alpha value is -4.38. The van der Waals surface area contributed by atoms with Crippen molar-refractivity contribution in [1.82, 2.24) is 9.55 Å². The highest BCUT2D eigenvalue weighted by Gasteiger charge is 2.26. The molecule has 0 saturated heterocycles. The molecule has 2 heterocycles. The third kappa shape index (κ3) is 3.30. The number of nitrogens with two attached hydrogens (primary N) is 2. The maximum Gasteiger partial charge on any atom is 0.253 e. The van der Waals surface area contributed by atoms with E-state index in [9.17, 15) is 14.3 Å². The highest BCUT2D eigenvalue weighted by atomic mass is 19.1. The van der Waals surface area contributed by atoms with Gasteiger partial charge >= 0.3 is 0 Å². The molecule has 5 N–H and O–H groups in total. The molecular formula is C24H18F2N4O2. The first-order valence-electron chi connectivity index (χ1n) is 9.56. The van der Waals surface area contributed by atoms with Crippen LogP contribution in [0.2, 0.25) is 0 Å². The number of hydrogen-bond acceptors (Lipinski definition) is 4. The summed E-state index contributed by atoms with van der Waals surface area (Å²) >= 11 is 0. The maximum atomic E-state index is 15.7. The number of aryl methyl sites for hydroxylation is 1. The lowest BCUT2D eigenvalue weighted by Crippen LogP contribution is -2.14. The topological polar surface area (TPSA) is 107 Å². The van der Waals surface area contributed by atoms with E-state index in [0.29, 0.717) is 22.4 Å². The summed E-state index contributed by atoms with van der Waals surface area (Å²) in [6.45, 7) is 3.42. The first-order chi connectivity index (χ1) is 15.2. The largest absolute Gasteiger partial charge is 0.508 e. The number of phenols is 1. The van der Waals surface area contributed by atoms with Crippen LogP contribution in [-0.4, -0.2) is 20.6 Å². The fourth-order valence-electron chi connectivity index (χ4n) is 3.66. The molecule has 0 aliphatic rings. The van der Waals surface area contributed by atoms with Gasteiger partial charge in [-0.05, 0) is 55.7 Å². The van der Waals surface area contributed by atoms with Crippen LogP contribution in [0.25, 0.3) is 16.6 Å². The minimum atomic E-state index is -0.840. The summed E-state index contributed by atoms with van der Waals surface area (Å²) in [5.41, 5.74) is 13.5. The summed E-state index contributed by atoms with van der Waals surface area (Å²) in [5.74, 6) is 3.23. The number of amides is 1. The molecule has 8 heteroatoms. The Bertz CT molecular complexity index is 1460. The summed E-state index contributed by atoms with van der Waals surface area (Å²) in [5, 5.41) is 10.3. The van der Waals surface area contributed by atoms with Crippen LogP contribution < -0.4 is 11.5 Å². The molecule has 0 radical (unpaired) electrons. The first kappa shape index (κ1) is 20.9. The SMILES string of the molecule is Cc1ccc(O)c(C)c1-n1c(N)c(C(N)=O)c2cnc(C#Cc3ccc(F)cc3)c(F)c21. The Morgan fingerprint density at radius 3 is 2.44 bits per heavy atom. The van der Waals surface area contributed by atoms with E-state index >= 15 is 4.39 Å². The number of fused-ring (bicyclic) bond motifs is 1. The van der Waals surface area contributed by atoms with Gasteiger partial charge in [0, 0.05) is 22.7 Å². The predicted octanol–water partition coefficient (Wildman–Crippen LogP) is 3.71. The van der Waals surface area contributed by atoms with Gasteiger partial charge in [-0.15, -0.1) is 0 Å². The summed E-state index contributed by atoms with van der Waals surface area (Å²) in [6, 6.07) is 8.59. The molecule has 0 spiro atoms. The third-order valence-corrected chi connectivity index (χ3v) is 5.23. The molecule has 0 aliphatic heterocycles. The molecule has 6 nitrogen and oxygen atoms in total. The standard InChI is InChI=1S/C24H18F2N4O2/c1-12-3-10-18(31)13(2)21(12)30-22-16(19(23(30)27)24(28)32)11-29-17(20(22)26)9-6-14-4-7-15(25)8-5-14/h3-5,7-8,10-11,31H,27H2,1-2H3,(H2,28,32). The van der Waals surface area contributed by atoms with Crippen LogP contribution in [0.5, 0.6) is 5.75 Å². The van der Waals surface area contributed by atoms with Crippen molar-refractivity contribution in [3.8, 4) is 23.3 Å². The predicted molar refractivity (Wildman–Crippen MR) is 117 cm³/mol. The number of nitrogens with zero attached hydrogens (tertiary/aromatic N) is 2. The molecule has 0 atom stereocenters. The van der Waals surface area contributed by atoms with Gasteiger partial charge in [0.25, 0.3) is 5.91 Å². The fourth-order valence-corrected chi connectivity index (χ4v) is 3.66. The second kappa shape index (κ2) is 7.71. The molecule has 160 valence electrons. The van der Waals surface area contributed by atoms with Crippen molar-refractivity contribution >= 4 is 22.6 Å². The van der Waals surface area contributed by atoms with Gasteiger partial charge in [-0.3, -0.25) is 9.36 Å². The molecule has 0 bridgehead atoms. The number of aromatic nitrogens is 2. The van der Waals surface area contributed by atoms with Crippen molar-refractivity contribution in [2.24, 2.45) is 5.73 Å². The lowest BCUT2D eigenvalue weighted by atomic mass is 10.1. The number of anilines is 1. The van der Waals surface area contributed by atoms with Crippen molar-refractivity contribution in [2.75, 3.05) is 5.73 Å². The summed E-state index contributed by atoms with van der Waals surface area (Å²) in [4.78, 5) is 16.2. The van der Waals surface area contributed by atoms with E-state index in [-0.39, 0.29) is 33.7 Å². The van der Waals surface area contributed by atoms with Crippen LogP contribution in [-0.2, 0) is 0 Å². The fraction of sp³-hybridized carbons (Fsp3) is 0.0833. The van der Waals surface area contributed by atoms with Crippen LogP contribution in [0.3, 0.4) is 0 Å². The highest BCUT2D eigenvalue weighted by Crippen LogP contribution is 2.37. The molecule has 2 aromatic heterocycles. The van der Waals surface area contributed by atoms with Gasteiger partial charge in [-0.2, -0.15) is 0 Å². The third-order valence-electron chi connectivity index (χ3n) is 5.23. The highest BCUT2D eigenvalue weighted by molar-refractivity contribution is 6.11. The van der Waals surface area contributed by atoms with Gasteiger partial charge in [-0.25, -0.2) is 13.8 Å². The minimum Gasteiger partial charge on any atom is -0.508 e. The Morgan fingerprint density at radius 2 is 1.78 bits per heavy atom. The number of benzene rings is 2. The summed E-state index contributed by atoms with van der Waals surface area (Å²) in [7, 11) is 0. The number of primary amides is 1. The molecule has 1 amide bonds. The zero-order valence-electron chi connectivity index (χ0n) is 17.2. The molecule has 2 aromatic carbocycles. The molecule has 0 saturated carbocycles. The van der Waals surface area contributed by atoms with Gasteiger partial charge in [0.1, 0.15) is 17.4 Å². The van der Waals surface area contributed by atoms with Gasteiger partial charge < -0.3 is 16.6 Å². The second-order valence-electron chi connectivity index (χ2n) is 7.28. The van der Waals surface area contributed by atoms with E-state index in [1.807, 2.05) is 0 Å². The number of halogens is 2. The first-order valence-corrected chi connectivity index (χ1v) is 9.56. The van der Waals surface area contributed by atoms with Crippen molar-refractivity contribution < 1.29 is 18.7 Å². The quantitative estimate of drug-likeness (QED) is 0.420. The van der Waals surface area contributed by atoms with Crippen molar-refractivity contribution in [3.05, 3.63) is 82.2 Å². The van der Waals surface area contributed by atoms with Crippen LogP contribution in [0, 0.1) is 37.3 Å². The zero-order valence-corrected chi connectivity index (χ0v) is 17.2. The lowest BCUT2D eigenvalue weighted by molar-refractivity contribution is 0.100. The Labute approximate surface area is 182 Å². The number of hydrogen-bond donors (Lipinski definition) is 3. The molecule has 0 aliphatic carbocycles. The van der Waals surface area contributed by atoms with Gasteiger partial charge in [0.15, 0.2) is 11.5 Å². The van der Waals surface area contributed by atoms with Gasteiger partial charge in [-0.1, -0.05) is 12.0 Å². The van der Waals surface area contributed by atoms with Crippen LogP contribution >= 0.6 is 0 Å². The molecule has 0 unspecified atom stereocenters. The number of phenolic OH excluding ortho intramolecular Hbond substituents is 1. The van der Waals surface area contributed by atoms with Gasteiger partial charge in [0.05, 0.1) is 16.8 Å². The normalized spacial score (nSPS) is 10.8. The van der Waals surface area contributed by atoms with Crippen molar-refractivity contribution in [3.63, 3.8) is 0 Å². The number of carbonyl (C=O) groups is 1. The van der Waals surface area contributed by atoms with Gasteiger partial charge in [0.2, 0.25) is 0 Å². The Kier molecular flexibility index (Phi) is 5.03. The lowest BCUT2D eigenvalue weighted by Gasteiger charge is -2.16. The van der Waals surface area contributed by atoms with Crippen molar-refractivity contribution in [2.45, 2.75) is 13.8 Å². The van der Waals surface area contributed by atoms with Crippen LogP contribution in [0.1, 0.15) is 32.7 Å². The number of aromatic hydroxyl groups is 1. The van der Waals surface area contributed by atoms with E-state index in [1.54, 1.807) is 19.9 Å². The summed E-state index contributed by atoms with van der Waals surface area (Å²) < 4.78 is 30.1. The van der Waals surface area contributed by atoms with E-state index in [2.05, 4.69) is 16.8 Å². The number of rotatable bonds is 2. The van der Waals surface area contributed by atoms with Crippen molar-refractivity contribution in [1.29, 1.82) is 0 Å². The molecular weight excluding hydrogens is 414 g/mol. The molecule has 4 rings (SSSR count). The van der Waals surface area contributed by atoms with Crippen LogP contribution in [0.4, 0.5) is 14.6 Å². The maximum absolute atomic E-state index is 15.7. The van der Waals surface area contributed by atoms with E-state index in [1.165, 1.54) is 41.1 Å². The van der Waals surface area contributed by atoms with E-state index in [4.69, 9.17) is 11.5 Å². The smallest absolute Gasteiger partial charge is 0.253 e. The number of nitrogen functional groups attached to an aromatic ring is 1. The van der Waals surface area contributed by atoms with E-state index in [0.717, 1.165) is 0 Å².